The summed E-state index contributed by atoms with van der Waals surface area (Å²) in [5.74, 6) is 1.19. The van der Waals surface area contributed by atoms with Crippen LogP contribution in [0.4, 0.5) is 0 Å². The monoisotopic (exact) mass is 412 g/mol. The molecule has 0 unspecified atom stereocenters. The molecule has 0 fully saturated rings. The summed E-state index contributed by atoms with van der Waals surface area (Å²) in [6.45, 7) is 0.993. The van der Waals surface area contributed by atoms with E-state index in [1.54, 1.807) is 30.3 Å². The molecule has 0 spiro atoms. The molecule has 24 heavy (non-hydrogen) atoms. The standard InChI is InChI=1S/C17H14BrClO5/c1-21-11-2-3-13(18)12(8-11)17(20)24-9-10-6-14(19)16-15(7-10)22-4-5-23-16/h2-3,6-8H,4-5,9H2,1H3. The van der Waals surface area contributed by atoms with E-state index >= 15 is 0 Å². The molecule has 0 bridgehead atoms. The first kappa shape index (κ1) is 16.9. The Balaban J connectivity index is 1.74. The van der Waals surface area contributed by atoms with Crippen LogP contribution in [-0.2, 0) is 11.3 Å². The Bertz CT molecular complexity index is 778. The van der Waals surface area contributed by atoms with Crippen molar-refractivity contribution in [1.29, 1.82) is 0 Å². The molecule has 0 saturated carbocycles. The van der Waals surface area contributed by atoms with E-state index < -0.39 is 5.97 Å². The van der Waals surface area contributed by atoms with Crippen LogP contribution < -0.4 is 14.2 Å². The van der Waals surface area contributed by atoms with Crippen LogP contribution in [0, 0.1) is 0 Å². The van der Waals surface area contributed by atoms with Gasteiger partial charge in [-0.25, -0.2) is 4.79 Å². The first-order valence-electron chi connectivity index (χ1n) is 7.17. The van der Waals surface area contributed by atoms with Crippen molar-refractivity contribution in [3.05, 3.63) is 51.0 Å². The number of fused-ring (bicyclic) bond motifs is 1. The number of esters is 1. The van der Waals surface area contributed by atoms with E-state index in [1.165, 1.54) is 7.11 Å². The molecule has 2 aromatic carbocycles. The highest BCUT2D eigenvalue weighted by Gasteiger charge is 2.18. The van der Waals surface area contributed by atoms with Crippen molar-refractivity contribution in [3.63, 3.8) is 0 Å². The highest BCUT2D eigenvalue weighted by Crippen LogP contribution is 2.38. The average molecular weight is 414 g/mol. The van der Waals surface area contributed by atoms with Gasteiger partial charge in [0.15, 0.2) is 11.5 Å². The highest BCUT2D eigenvalue weighted by molar-refractivity contribution is 9.10. The number of carbonyl (C=O) groups excluding carboxylic acids is 1. The first-order chi connectivity index (χ1) is 11.6. The number of hydrogen-bond acceptors (Lipinski definition) is 5. The van der Waals surface area contributed by atoms with Crippen molar-refractivity contribution in [2.24, 2.45) is 0 Å². The van der Waals surface area contributed by atoms with Crippen LogP contribution in [-0.4, -0.2) is 26.3 Å². The number of rotatable bonds is 4. The fourth-order valence-corrected chi connectivity index (χ4v) is 2.96. The van der Waals surface area contributed by atoms with Gasteiger partial charge in [0, 0.05) is 4.47 Å². The molecule has 0 saturated heterocycles. The van der Waals surface area contributed by atoms with Crippen LogP contribution in [0.2, 0.25) is 5.02 Å². The zero-order valence-corrected chi connectivity index (χ0v) is 15.1. The topological polar surface area (TPSA) is 54.0 Å². The van der Waals surface area contributed by atoms with Gasteiger partial charge in [0.25, 0.3) is 0 Å². The molecule has 3 rings (SSSR count). The molecule has 1 heterocycles. The van der Waals surface area contributed by atoms with Gasteiger partial charge >= 0.3 is 5.97 Å². The van der Waals surface area contributed by atoms with Gasteiger partial charge < -0.3 is 18.9 Å². The molecule has 0 radical (unpaired) electrons. The molecule has 0 amide bonds. The van der Waals surface area contributed by atoms with Crippen LogP contribution >= 0.6 is 27.5 Å². The van der Waals surface area contributed by atoms with Crippen LogP contribution in [0.25, 0.3) is 0 Å². The SMILES string of the molecule is COc1ccc(Br)c(C(=O)OCc2cc(Cl)c3c(c2)OCCO3)c1. The van der Waals surface area contributed by atoms with Crippen molar-refractivity contribution in [1.82, 2.24) is 0 Å². The molecule has 5 nitrogen and oxygen atoms in total. The van der Waals surface area contributed by atoms with Gasteiger partial charge in [-0.3, -0.25) is 0 Å². The molecule has 0 aromatic heterocycles. The van der Waals surface area contributed by atoms with Crippen molar-refractivity contribution in [3.8, 4) is 17.2 Å². The zero-order valence-electron chi connectivity index (χ0n) is 12.8. The maximum absolute atomic E-state index is 12.3. The fourth-order valence-electron chi connectivity index (χ4n) is 2.26. The lowest BCUT2D eigenvalue weighted by Crippen LogP contribution is -2.16. The summed E-state index contributed by atoms with van der Waals surface area (Å²) in [6, 6.07) is 8.55. The number of halogens is 2. The van der Waals surface area contributed by atoms with Gasteiger partial charge in [-0.05, 0) is 51.8 Å². The Morgan fingerprint density at radius 2 is 2.04 bits per heavy atom. The lowest BCUT2D eigenvalue weighted by atomic mass is 10.2. The van der Waals surface area contributed by atoms with Crippen LogP contribution in [0.15, 0.2) is 34.8 Å². The maximum Gasteiger partial charge on any atom is 0.339 e. The maximum atomic E-state index is 12.3. The first-order valence-corrected chi connectivity index (χ1v) is 8.34. The minimum Gasteiger partial charge on any atom is -0.497 e. The smallest absolute Gasteiger partial charge is 0.339 e. The molecule has 0 atom stereocenters. The Kier molecular flexibility index (Phi) is 5.16. The number of hydrogen-bond donors (Lipinski definition) is 0. The van der Waals surface area contributed by atoms with Gasteiger partial charge in [0.1, 0.15) is 25.6 Å². The van der Waals surface area contributed by atoms with E-state index in [1.807, 2.05) is 0 Å². The van der Waals surface area contributed by atoms with Crippen molar-refractivity contribution < 1.29 is 23.7 Å². The zero-order chi connectivity index (χ0) is 17.1. The Morgan fingerprint density at radius 1 is 1.25 bits per heavy atom. The van der Waals surface area contributed by atoms with Gasteiger partial charge in [0.2, 0.25) is 0 Å². The van der Waals surface area contributed by atoms with Gasteiger partial charge in [-0.2, -0.15) is 0 Å². The number of carbonyl (C=O) groups is 1. The summed E-state index contributed by atoms with van der Waals surface area (Å²) in [5.41, 5.74) is 1.11. The minimum absolute atomic E-state index is 0.0683. The molecule has 126 valence electrons. The third kappa shape index (κ3) is 3.60. The van der Waals surface area contributed by atoms with E-state index in [9.17, 15) is 4.79 Å². The number of ether oxygens (including phenoxy) is 4. The van der Waals surface area contributed by atoms with E-state index in [0.29, 0.717) is 45.5 Å². The van der Waals surface area contributed by atoms with E-state index in [4.69, 9.17) is 30.5 Å². The molecule has 2 aromatic rings. The third-order valence-corrected chi connectivity index (χ3v) is 4.39. The number of methoxy groups -OCH3 is 1. The largest absolute Gasteiger partial charge is 0.497 e. The molecule has 1 aliphatic heterocycles. The summed E-state index contributed by atoms with van der Waals surface area (Å²) < 4.78 is 22.1. The second kappa shape index (κ2) is 7.32. The summed E-state index contributed by atoms with van der Waals surface area (Å²) >= 11 is 9.51. The van der Waals surface area contributed by atoms with E-state index in [0.717, 1.165) is 5.56 Å². The van der Waals surface area contributed by atoms with Crippen LogP contribution in [0.1, 0.15) is 15.9 Å². The lowest BCUT2D eigenvalue weighted by molar-refractivity contribution is 0.0470. The normalized spacial score (nSPS) is 12.6. The second-order valence-electron chi connectivity index (χ2n) is 5.02. The Morgan fingerprint density at radius 3 is 2.83 bits per heavy atom. The predicted molar refractivity (Wildman–Crippen MR) is 92.3 cm³/mol. The van der Waals surface area contributed by atoms with E-state index in [2.05, 4.69) is 15.9 Å². The molecule has 7 heteroatoms. The van der Waals surface area contributed by atoms with Crippen LogP contribution in [0.3, 0.4) is 0 Å². The summed E-state index contributed by atoms with van der Waals surface area (Å²) in [6.07, 6.45) is 0. The molecular formula is C17H14BrClO5. The van der Waals surface area contributed by atoms with Gasteiger partial charge in [0.05, 0.1) is 17.7 Å². The molecule has 0 aliphatic carbocycles. The third-order valence-electron chi connectivity index (χ3n) is 3.42. The summed E-state index contributed by atoms with van der Waals surface area (Å²) in [5, 5.41) is 0.431. The van der Waals surface area contributed by atoms with Crippen molar-refractivity contribution in [2.45, 2.75) is 6.61 Å². The molecular weight excluding hydrogens is 400 g/mol. The second-order valence-corrected chi connectivity index (χ2v) is 6.29. The van der Waals surface area contributed by atoms with Crippen LogP contribution in [0.5, 0.6) is 17.2 Å². The molecule has 1 aliphatic rings. The van der Waals surface area contributed by atoms with Crippen molar-refractivity contribution in [2.75, 3.05) is 20.3 Å². The fraction of sp³-hybridized carbons (Fsp3) is 0.235. The minimum atomic E-state index is -0.466. The average Bonchev–Trinajstić information content (AvgIpc) is 2.60. The quantitative estimate of drug-likeness (QED) is 0.702. The summed E-state index contributed by atoms with van der Waals surface area (Å²) in [7, 11) is 1.54. The summed E-state index contributed by atoms with van der Waals surface area (Å²) in [4.78, 5) is 12.3. The number of benzene rings is 2. The molecule has 0 N–H and O–H groups in total. The highest BCUT2D eigenvalue weighted by atomic mass is 79.9. The lowest BCUT2D eigenvalue weighted by Gasteiger charge is -2.20. The Labute approximate surface area is 152 Å². The van der Waals surface area contributed by atoms with E-state index in [-0.39, 0.29) is 6.61 Å². The van der Waals surface area contributed by atoms with Crippen molar-refractivity contribution >= 4 is 33.5 Å². The predicted octanol–water partition coefficient (Wildman–Crippen LogP) is 4.24. The van der Waals surface area contributed by atoms with Gasteiger partial charge in [-0.1, -0.05) is 11.6 Å². The van der Waals surface area contributed by atoms with Gasteiger partial charge in [-0.15, -0.1) is 0 Å². The Hall–Kier alpha value is -1.92.